The van der Waals surface area contributed by atoms with Gasteiger partial charge in [-0.2, -0.15) is 0 Å². The van der Waals surface area contributed by atoms with E-state index < -0.39 is 0 Å². The van der Waals surface area contributed by atoms with Crippen molar-refractivity contribution in [1.29, 1.82) is 0 Å². The number of carbonyl (C=O) groups excluding carboxylic acids is 2. The summed E-state index contributed by atoms with van der Waals surface area (Å²) in [4.78, 5) is 24.0. The predicted molar refractivity (Wildman–Crippen MR) is 96.4 cm³/mol. The summed E-state index contributed by atoms with van der Waals surface area (Å²) < 4.78 is 5.16. The van der Waals surface area contributed by atoms with E-state index in [1.54, 1.807) is 18.2 Å². The number of nitrogens with one attached hydrogen (secondary N) is 2. The molecule has 0 aliphatic heterocycles. The summed E-state index contributed by atoms with van der Waals surface area (Å²) in [6.07, 6.45) is 1.37. The van der Waals surface area contributed by atoms with Crippen molar-refractivity contribution < 1.29 is 14.0 Å². The Labute approximate surface area is 147 Å². The molecule has 0 unspecified atom stereocenters. The van der Waals surface area contributed by atoms with Crippen molar-refractivity contribution in [1.82, 2.24) is 0 Å². The summed E-state index contributed by atoms with van der Waals surface area (Å²) in [5, 5.41) is 5.63. The minimum atomic E-state index is -0.288. The van der Waals surface area contributed by atoms with Crippen LogP contribution >= 0.6 is 12.4 Å². The van der Waals surface area contributed by atoms with Gasteiger partial charge in [0.15, 0.2) is 0 Å². The Balaban J connectivity index is 0.00000288. The van der Waals surface area contributed by atoms with E-state index in [1.807, 2.05) is 26.8 Å². The van der Waals surface area contributed by atoms with Gasteiger partial charge in [-0.05, 0) is 30.7 Å². The van der Waals surface area contributed by atoms with Crippen LogP contribution in [0.25, 0.3) is 0 Å². The second-order valence-electron chi connectivity index (χ2n) is 5.63. The highest BCUT2D eigenvalue weighted by atomic mass is 35.5. The van der Waals surface area contributed by atoms with Crippen LogP contribution in [0.1, 0.15) is 35.5 Å². The second-order valence-corrected chi connectivity index (χ2v) is 5.63. The molecule has 1 aromatic carbocycles. The Morgan fingerprint density at radius 1 is 1.21 bits per heavy atom. The summed E-state index contributed by atoms with van der Waals surface area (Å²) in [7, 11) is 0. The van der Waals surface area contributed by atoms with E-state index in [9.17, 15) is 9.59 Å². The molecular formula is C17H22ClN3O3. The van der Waals surface area contributed by atoms with Gasteiger partial charge < -0.3 is 20.8 Å². The molecule has 1 aromatic heterocycles. The van der Waals surface area contributed by atoms with Gasteiger partial charge in [0.05, 0.1) is 12.1 Å². The molecule has 7 heteroatoms. The fourth-order valence-electron chi connectivity index (χ4n) is 1.92. The highest BCUT2D eigenvalue weighted by molar-refractivity contribution is 6.05. The first-order valence-corrected chi connectivity index (χ1v) is 7.41. The third-order valence-electron chi connectivity index (χ3n) is 3.39. The molecule has 0 saturated carbocycles. The lowest BCUT2D eigenvalue weighted by Gasteiger charge is -2.12. The number of anilines is 2. The summed E-state index contributed by atoms with van der Waals surface area (Å²) in [5.41, 5.74) is 8.03. The number of rotatable bonds is 5. The van der Waals surface area contributed by atoms with E-state index in [1.165, 1.54) is 6.26 Å². The Morgan fingerprint density at radius 2 is 1.92 bits per heavy atom. The molecule has 0 fully saturated rings. The average molecular weight is 352 g/mol. The van der Waals surface area contributed by atoms with Gasteiger partial charge in [0.1, 0.15) is 12.0 Å². The molecule has 130 valence electrons. The number of aryl methyl sites for hydroxylation is 1. The number of carbonyl (C=O) groups is 2. The van der Waals surface area contributed by atoms with Gasteiger partial charge in [-0.1, -0.05) is 19.9 Å². The molecule has 0 atom stereocenters. The maximum Gasteiger partial charge on any atom is 0.258 e. The molecule has 6 nitrogen and oxygen atoms in total. The Kier molecular flexibility index (Phi) is 7.00. The first-order chi connectivity index (χ1) is 10.9. The number of benzene rings is 1. The van der Waals surface area contributed by atoms with Crippen LogP contribution in [0.2, 0.25) is 0 Å². The number of hydrogen-bond acceptors (Lipinski definition) is 4. The van der Waals surface area contributed by atoms with Crippen LogP contribution in [0.4, 0.5) is 11.4 Å². The lowest BCUT2D eigenvalue weighted by Crippen LogP contribution is -2.18. The molecular weight excluding hydrogens is 330 g/mol. The van der Waals surface area contributed by atoms with Crippen LogP contribution in [-0.4, -0.2) is 11.8 Å². The fourth-order valence-corrected chi connectivity index (χ4v) is 1.92. The van der Waals surface area contributed by atoms with Crippen molar-refractivity contribution >= 4 is 35.6 Å². The minimum absolute atomic E-state index is 0. The van der Waals surface area contributed by atoms with E-state index in [0.717, 1.165) is 5.56 Å². The molecule has 0 radical (unpaired) electrons. The van der Waals surface area contributed by atoms with E-state index in [4.69, 9.17) is 10.2 Å². The fraction of sp³-hybridized carbons (Fsp3) is 0.294. The molecule has 0 aliphatic rings. The smallest absolute Gasteiger partial charge is 0.258 e. The molecule has 2 amide bonds. The largest absolute Gasteiger partial charge is 0.467 e. The van der Waals surface area contributed by atoms with Crippen LogP contribution in [0.15, 0.2) is 34.9 Å². The maximum absolute atomic E-state index is 12.2. The zero-order valence-corrected chi connectivity index (χ0v) is 14.7. The zero-order valence-electron chi connectivity index (χ0n) is 13.9. The van der Waals surface area contributed by atoms with Gasteiger partial charge in [-0.3, -0.25) is 9.59 Å². The van der Waals surface area contributed by atoms with Crippen molar-refractivity contribution in [2.24, 2.45) is 11.7 Å². The third kappa shape index (κ3) is 4.84. The zero-order chi connectivity index (χ0) is 17.0. The van der Waals surface area contributed by atoms with Gasteiger partial charge >= 0.3 is 0 Å². The first kappa shape index (κ1) is 19.7. The van der Waals surface area contributed by atoms with Crippen LogP contribution in [0, 0.1) is 12.8 Å². The van der Waals surface area contributed by atoms with Gasteiger partial charge in [-0.15, -0.1) is 12.4 Å². The molecule has 0 spiro atoms. The lowest BCUT2D eigenvalue weighted by atomic mass is 10.1. The topological polar surface area (TPSA) is 97.4 Å². The number of hydrogen-bond donors (Lipinski definition) is 3. The van der Waals surface area contributed by atoms with E-state index in [2.05, 4.69) is 10.6 Å². The van der Waals surface area contributed by atoms with Crippen LogP contribution in [0.5, 0.6) is 0 Å². The van der Waals surface area contributed by atoms with E-state index in [0.29, 0.717) is 22.7 Å². The third-order valence-corrected chi connectivity index (χ3v) is 3.39. The summed E-state index contributed by atoms with van der Waals surface area (Å²) in [5.74, 6) is 0.0669. The maximum atomic E-state index is 12.2. The molecule has 4 N–H and O–H groups in total. The van der Waals surface area contributed by atoms with E-state index in [-0.39, 0.29) is 36.7 Å². The van der Waals surface area contributed by atoms with E-state index >= 15 is 0 Å². The van der Waals surface area contributed by atoms with Crippen LogP contribution < -0.4 is 16.4 Å². The molecule has 24 heavy (non-hydrogen) atoms. The number of furan rings is 1. The Bertz CT molecular complexity index is 726. The summed E-state index contributed by atoms with van der Waals surface area (Å²) in [6, 6.07) is 6.98. The molecule has 0 saturated heterocycles. The van der Waals surface area contributed by atoms with Gasteiger partial charge in [0, 0.05) is 17.3 Å². The second kappa shape index (κ2) is 8.52. The SMILES string of the molecule is Cc1ccc(NC(=O)C(C)C)cc1NC(=O)c1coc(CN)c1.Cl. The Hall–Kier alpha value is -2.31. The molecule has 0 aliphatic carbocycles. The lowest BCUT2D eigenvalue weighted by molar-refractivity contribution is -0.118. The molecule has 2 aromatic rings. The quantitative estimate of drug-likeness (QED) is 0.769. The van der Waals surface area contributed by atoms with Gasteiger partial charge in [0.25, 0.3) is 5.91 Å². The van der Waals surface area contributed by atoms with Crippen LogP contribution in [0.3, 0.4) is 0 Å². The average Bonchev–Trinajstić information content (AvgIpc) is 2.99. The number of amides is 2. The van der Waals surface area contributed by atoms with Crippen molar-refractivity contribution in [3.8, 4) is 0 Å². The summed E-state index contributed by atoms with van der Waals surface area (Å²) in [6.45, 7) is 5.76. The van der Waals surface area contributed by atoms with Crippen molar-refractivity contribution in [2.75, 3.05) is 10.6 Å². The number of nitrogens with two attached hydrogens (primary N) is 1. The predicted octanol–water partition coefficient (Wildman–Crippen LogP) is 3.32. The molecule has 1 heterocycles. The Morgan fingerprint density at radius 3 is 2.50 bits per heavy atom. The van der Waals surface area contributed by atoms with Crippen LogP contribution in [-0.2, 0) is 11.3 Å². The number of halogens is 1. The van der Waals surface area contributed by atoms with Crippen molar-refractivity contribution in [3.05, 3.63) is 47.4 Å². The van der Waals surface area contributed by atoms with Gasteiger partial charge in [0.2, 0.25) is 5.91 Å². The highest BCUT2D eigenvalue weighted by Gasteiger charge is 2.13. The monoisotopic (exact) mass is 351 g/mol. The highest BCUT2D eigenvalue weighted by Crippen LogP contribution is 2.22. The molecule has 0 bridgehead atoms. The minimum Gasteiger partial charge on any atom is -0.467 e. The normalized spacial score (nSPS) is 10.2. The van der Waals surface area contributed by atoms with Gasteiger partial charge in [-0.25, -0.2) is 0 Å². The summed E-state index contributed by atoms with van der Waals surface area (Å²) >= 11 is 0. The standard InChI is InChI=1S/C17H21N3O3.ClH/c1-10(2)16(21)19-13-5-4-11(3)15(7-13)20-17(22)12-6-14(8-18)23-9-12;/h4-7,9-10H,8,18H2,1-3H3,(H,19,21)(H,20,22);1H. The molecule has 2 rings (SSSR count). The van der Waals surface area contributed by atoms with Crippen molar-refractivity contribution in [3.63, 3.8) is 0 Å². The first-order valence-electron chi connectivity index (χ1n) is 7.41. The van der Waals surface area contributed by atoms with Crippen molar-refractivity contribution in [2.45, 2.75) is 27.3 Å².